The van der Waals surface area contributed by atoms with Gasteiger partial charge in [-0.3, -0.25) is 14.7 Å². The third-order valence-corrected chi connectivity index (χ3v) is 2.71. The van der Waals surface area contributed by atoms with Crippen molar-refractivity contribution in [3.05, 3.63) is 29.5 Å². The molecule has 0 fully saturated rings. The average Bonchev–Trinajstić information content (AvgIpc) is 2.80. The van der Waals surface area contributed by atoms with Gasteiger partial charge in [0.2, 0.25) is 0 Å². The Morgan fingerprint density at radius 1 is 1.56 bits per heavy atom. The van der Waals surface area contributed by atoms with E-state index in [0.717, 1.165) is 6.29 Å². The monoisotopic (exact) mass is 247 g/mol. The molecular weight excluding hydrogens is 234 g/mol. The summed E-state index contributed by atoms with van der Waals surface area (Å²) in [6.45, 7) is 0.152. The van der Waals surface area contributed by atoms with Gasteiger partial charge in [0.25, 0.3) is 5.91 Å². The maximum atomic E-state index is 12.0. The maximum absolute atomic E-state index is 12.0. The molecule has 0 saturated carbocycles. The third-order valence-electron chi connectivity index (χ3n) is 2.71. The molecule has 0 spiro atoms. The van der Waals surface area contributed by atoms with Crippen LogP contribution in [-0.2, 0) is 0 Å². The van der Waals surface area contributed by atoms with Gasteiger partial charge in [0.05, 0.1) is 12.1 Å². The molecule has 0 saturated heterocycles. The van der Waals surface area contributed by atoms with Gasteiger partial charge < -0.3 is 10.0 Å². The van der Waals surface area contributed by atoms with E-state index >= 15 is 0 Å². The summed E-state index contributed by atoms with van der Waals surface area (Å²) in [5.41, 5.74) is 1.45. The maximum Gasteiger partial charge on any atom is 0.274 e. The van der Waals surface area contributed by atoms with Gasteiger partial charge in [-0.25, -0.2) is 0 Å². The second kappa shape index (κ2) is 4.97. The van der Waals surface area contributed by atoms with Crippen LogP contribution in [0.25, 0.3) is 10.9 Å². The van der Waals surface area contributed by atoms with Crippen molar-refractivity contribution in [2.45, 2.75) is 0 Å². The SMILES string of the molecule is CN(CCO)C(=O)c1n[nH]c2cc(C=O)ccc12. The highest BCUT2D eigenvalue weighted by molar-refractivity contribution is 6.05. The molecule has 0 aliphatic rings. The number of hydrogen-bond acceptors (Lipinski definition) is 4. The zero-order valence-corrected chi connectivity index (χ0v) is 9.88. The first-order chi connectivity index (χ1) is 8.67. The van der Waals surface area contributed by atoms with Crippen LogP contribution in [0.15, 0.2) is 18.2 Å². The molecule has 1 aromatic heterocycles. The van der Waals surface area contributed by atoms with E-state index in [-0.39, 0.29) is 19.1 Å². The van der Waals surface area contributed by atoms with Gasteiger partial charge in [-0.1, -0.05) is 6.07 Å². The van der Waals surface area contributed by atoms with E-state index in [4.69, 9.17) is 5.11 Å². The summed E-state index contributed by atoms with van der Waals surface area (Å²) in [7, 11) is 1.60. The van der Waals surface area contributed by atoms with E-state index in [1.807, 2.05) is 0 Å². The molecule has 1 aromatic carbocycles. The standard InChI is InChI=1S/C12H13N3O3/c1-15(4-5-16)12(18)11-9-3-2-8(7-17)6-10(9)13-14-11/h2-3,6-7,16H,4-5H2,1H3,(H,13,14). The van der Waals surface area contributed by atoms with Crippen LogP contribution < -0.4 is 0 Å². The number of H-pyrrole nitrogens is 1. The van der Waals surface area contributed by atoms with Crippen molar-refractivity contribution in [3.8, 4) is 0 Å². The van der Waals surface area contributed by atoms with Crippen molar-refractivity contribution < 1.29 is 14.7 Å². The van der Waals surface area contributed by atoms with Crippen LogP contribution in [0.3, 0.4) is 0 Å². The molecule has 0 radical (unpaired) electrons. The van der Waals surface area contributed by atoms with Gasteiger partial charge in [-0.2, -0.15) is 5.10 Å². The first kappa shape index (κ1) is 12.3. The quantitative estimate of drug-likeness (QED) is 0.767. The van der Waals surface area contributed by atoms with Gasteiger partial charge in [0, 0.05) is 24.5 Å². The number of aliphatic hydroxyl groups excluding tert-OH is 1. The number of carbonyl (C=O) groups is 2. The molecular formula is C12H13N3O3. The number of likely N-dealkylation sites (N-methyl/N-ethyl adjacent to an activating group) is 1. The zero-order valence-electron chi connectivity index (χ0n) is 9.88. The molecule has 6 heteroatoms. The molecule has 0 aliphatic heterocycles. The number of nitrogens with zero attached hydrogens (tertiary/aromatic N) is 2. The number of nitrogens with one attached hydrogen (secondary N) is 1. The average molecular weight is 247 g/mol. The van der Waals surface area contributed by atoms with Gasteiger partial charge in [0.15, 0.2) is 5.69 Å². The summed E-state index contributed by atoms with van der Waals surface area (Å²) in [6, 6.07) is 4.95. The van der Waals surface area contributed by atoms with Crippen LogP contribution in [-0.4, -0.2) is 52.6 Å². The molecule has 2 rings (SSSR count). The Hall–Kier alpha value is -2.21. The minimum atomic E-state index is -0.269. The van der Waals surface area contributed by atoms with Gasteiger partial charge in [0.1, 0.15) is 6.29 Å². The highest BCUT2D eigenvalue weighted by Gasteiger charge is 2.17. The number of hydrogen-bond donors (Lipinski definition) is 2. The fourth-order valence-electron chi connectivity index (χ4n) is 1.71. The third kappa shape index (κ3) is 2.10. The molecule has 0 bridgehead atoms. The molecule has 94 valence electrons. The van der Waals surface area contributed by atoms with Crippen LogP contribution in [0.5, 0.6) is 0 Å². The molecule has 18 heavy (non-hydrogen) atoms. The Morgan fingerprint density at radius 2 is 2.33 bits per heavy atom. The van der Waals surface area contributed by atoms with E-state index in [0.29, 0.717) is 22.2 Å². The molecule has 2 aromatic rings. The molecule has 0 aliphatic carbocycles. The van der Waals surface area contributed by atoms with Crippen molar-refractivity contribution in [1.29, 1.82) is 0 Å². The second-order valence-corrected chi connectivity index (χ2v) is 3.95. The summed E-state index contributed by atoms with van der Waals surface area (Å²) in [5.74, 6) is -0.269. The Labute approximate surface area is 103 Å². The summed E-state index contributed by atoms with van der Waals surface area (Å²) in [4.78, 5) is 24.1. The number of aldehydes is 1. The summed E-state index contributed by atoms with van der Waals surface area (Å²) >= 11 is 0. The number of aromatic amines is 1. The van der Waals surface area contributed by atoms with E-state index in [2.05, 4.69) is 10.2 Å². The number of amides is 1. The Balaban J connectivity index is 2.40. The predicted molar refractivity (Wildman–Crippen MR) is 65.5 cm³/mol. The van der Waals surface area contributed by atoms with Crippen LogP contribution in [0.2, 0.25) is 0 Å². The fraction of sp³-hybridized carbons (Fsp3) is 0.250. The number of fused-ring (bicyclic) bond motifs is 1. The Morgan fingerprint density at radius 3 is 3.00 bits per heavy atom. The minimum absolute atomic E-state index is 0.0973. The van der Waals surface area contributed by atoms with Gasteiger partial charge in [-0.15, -0.1) is 0 Å². The normalized spacial score (nSPS) is 10.6. The molecule has 1 amide bonds. The van der Waals surface area contributed by atoms with Crippen molar-refractivity contribution in [2.75, 3.05) is 20.2 Å². The predicted octanol–water partition coefficient (Wildman–Crippen LogP) is 0.440. The summed E-state index contributed by atoms with van der Waals surface area (Å²) in [5, 5.41) is 16.1. The van der Waals surface area contributed by atoms with E-state index in [1.54, 1.807) is 25.2 Å². The Kier molecular flexibility index (Phi) is 3.38. The van der Waals surface area contributed by atoms with E-state index in [9.17, 15) is 9.59 Å². The smallest absolute Gasteiger partial charge is 0.274 e. The molecule has 0 atom stereocenters. The van der Waals surface area contributed by atoms with Crippen LogP contribution in [0.4, 0.5) is 0 Å². The first-order valence-electron chi connectivity index (χ1n) is 5.47. The van der Waals surface area contributed by atoms with Crippen molar-refractivity contribution >= 4 is 23.1 Å². The fourth-order valence-corrected chi connectivity index (χ4v) is 1.71. The lowest BCUT2D eigenvalue weighted by Crippen LogP contribution is -2.29. The lowest BCUT2D eigenvalue weighted by atomic mass is 10.1. The van der Waals surface area contributed by atoms with Gasteiger partial charge >= 0.3 is 0 Å². The van der Waals surface area contributed by atoms with Crippen molar-refractivity contribution in [3.63, 3.8) is 0 Å². The minimum Gasteiger partial charge on any atom is -0.395 e. The lowest BCUT2D eigenvalue weighted by molar-refractivity contribution is 0.0763. The van der Waals surface area contributed by atoms with Crippen LogP contribution in [0, 0.1) is 0 Å². The Bertz CT molecular complexity index is 591. The van der Waals surface area contributed by atoms with Crippen LogP contribution >= 0.6 is 0 Å². The summed E-state index contributed by atoms with van der Waals surface area (Å²) in [6.07, 6.45) is 0.736. The van der Waals surface area contributed by atoms with Gasteiger partial charge in [-0.05, 0) is 12.1 Å². The zero-order chi connectivity index (χ0) is 13.1. The van der Waals surface area contributed by atoms with E-state index < -0.39 is 0 Å². The number of aromatic nitrogens is 2. The van der Waals surface area contributed by atoms with Crippen LogP contribution in [0.1, 0.15) is 20.8 Å². The molecule has 0 unspecified atom stereocenters. The first-order valence-corrected chi connectivity index (χ1v) is 5.47. The largest absolute Gasteiger partial charge is 0.395 e. The lowest BCUT2D eigenvalue weighted by Gasteiger charge is -2.13. The highest BCUT2D eigenvalue weighted by Crippen LogP contribution is 2.18. The number of aliphatic hydroxyl groups is 1. The van der Waals surface area contributed by atoms with E-state index in [1.165, 1.54) is 4.90 Å². The highest BCUT2D eigenvalue weighted by atomic mass is 16.3. The number of benzene rings is 1. The molecule has 1 heterocycles. The molecule has 6 nitrogen and oxygen atoms in total. The summed E-state index contributed by atoms with van der Waals surface area (Å²) < 4.78 is 0. The van der Waals surface area contributed by atoms with Crippen molar-refractivity contribution in [1.82, 2.24) is 15.1 Å². The number of carbonyl (C=O) groups excluding carboxylic acids is 2. The molecule has 2 N–H and O–H groups in total. The number of rotatable bonds is 4. The van der Waals surface area contributed by atoms with Crippen molar-refractivity contribution in [2.24, 2.45) is 0 Å². The second-order valence-electron chi connectivity index (χ2n) is 3.95. The topological polar surface area (TPSA) is 86.3 Å².